The quantitative estimate of drug-likeness (QED) is 0.691. The van der Waals surface area contributed by atoms with Crippen LogP contribution in [0.15, 0.2) is 18.2 Å². The number of likely N-dealkylation sites (N-methyl/N-ethyl adjacent to an activating group) is 1. The highest BCUT2D eigenvalue weighted by atomic mass is 16.5. The maximum Gasteiger partial charge on any atom is 0.239 e. The van der Waals surface area contributed by atoms with Gasteiger partial charge in [-0.25, -0.2) is 0 Å². The van der Waals surface area contributed by atoms with Crippen molar-refractivity contribution in [2.45, 2.75) is 63.0 Å². The van der Waals surface area contributed by atoms with Crippen LogP contribution in [0.2, 0.25) is 0 Å². The number of rotatable bonds is 4. The lowest BCUT2D eigenvalue weighted by atomic mass is 9.93. The molecule has 2 unspecified atom stereocenters. The number of carbonyl (C=O) groups is 3. The van der Waals surface area contributed by atoms with Crippen molar-refractivity contribution < 1.29 is 19.1 Å². The van der Waals surface area contributed by atoms with E-state index in [9.17, 15) is 14.4 Å². The second-order valence-electron chi connectivity index (χ2n) is 9.80. The Morgan fingerprint density at radius 1 is 1.06 bits per heavy atom. The predicted molar refractivity (Wildman–Crippen MR) is 126 cm³/mol. The number of aromatic nitrogens is 2. The Morgan fingerprint density at radius 2 is 1.85 bits per heavy atom. The van der Waals surface area contributed by atoms with Gasteiger partial charge in [0.15, 0.2) is 0 Å². The van der Waals surface area contributed by atoms with Crippen LogP contribution >= 0.6 is 0 Å². The molecule has 3 aliphatic heterocycles. The fourth-order valence-corrected chi connectivity index (χ4v) is 5.61. The average molecular weight is 468 g/mol. The van der Waals surface area contributed by atoms with E-state index in [2.05, 4.69) is 22.4 Å². The number of fused-ring (bicyclic) bond motifs is 1. The van der Waals surface area contributed by atoms with E-state index >= 15 is 0 Å². The van der Waals surface area contributed by atoms with Crippen LogP contribution in [0.25, 0.3) is 10.9 Å². The van der Waals surface area contributed by atoms with Crippen LogP contribution in [0, 0.1) is 0 Å². The normalized spacial score (nSPS) is 24.9. The summed E-state index contributed by atoms with van der Waals surface area (Å²) < 4.78 is 8.19. The molecule has 0 bridgehead atoms. The summed E-state index contributed by atoms with van der Waals surface area (Å²) in [6.07, 6.45) is 5.61. The van der Waals surface area contributed by atoms with Crippen molar-refractivity contribution in [3.8, 4) is 5.75 Å². The molecule has 2 atom stereocenters. The van der Waals surface area contributed by atoms with Crippen molar-refractivity contribution in [1.82, 2.24) is 24.9 Å². The summed E-state index contributed by atoms with van der Waals surface area (Å²) in [5.41, 5.74) is 1.54. The van der Waals surface area contributed by atoms with Crippen LogP contribution in [0.4, 0.5) is 0 Å². The van der Waals surface area contributed by atoms with E-state index in [1.807, 2.05) is 30.1 Å². The molecule has 1 aromatic carbocycles. The zero-order valence-electron chi connectivity index (χ0n) is 20.0. The molecule has 4 heterocycles. The first-order valence-electron chi connectivity index (χ1n) is 12.4. The van der Waals surface area contributed by atoms with Crippen LogP contribution in [-0.2, 0) is 21.4 Å². The Kier molecular flexibility index (Phi) is 6.29. The van der Waals surface area contributed by atoms with Gasteiger partial charge in [0.25, 0.3) is 0 Å². The van der Waals surface area contributed by atoms with E-state index < -0.39 is 5.92 Å². The number of nitrogens with one attached hydrogen (secondary N) is 1. The van der Waals surface area contributed by atoms with Gasteiger partial charge in [-0.1, -0.05) is 18.6 Å². The standard InChI is InChI=1S/C25H33N5O4/c1-28-13-4-3-7-19(28)25(33)30-14-11-16(12-15-30)34-20-8-5-6-17-22(27-29(2)23(17)20)18-9-10-21(31)26-24(18)32/h5-6,8,16,18-19H,3-4,7,9-15H2,1-2H3,(H,26,31,32). The number of para-hydroxylation sites is 1. The summed E-state index contributed by atoms with van der Waals surface area (Å²) in [6.45, 7) is 2.40. The molecule has 9 heteroatoms. The summed E-state index contributed by atoms with van der Waals surface area (Å²) >= 11 is 0. The number of likely N-dealkylation sites (tertiary alicyclic amines) is 2. The minimum atomic E-state index is -0.441. The summed E-state index contributed by atoms with van der Waals surface area (Å²) in [5, 5.41) is 7.95. The van der Waals surface area contributed by atoms with E-state index in [-0.39, 0.29) is 29.9 Å². The number of amides is 3. The van der Waals surface area contributed by atoms with Gasteiger partial charge in [0.2, 0.25) is 17.7 Å². The first kappa shape index (κ1) is 22.8. The van der Waals surface area contributed by atoms with Crippen LogP contribution < -0.4 is 10.1 Å². The first-order valence-corrected chi connectivity index (χ1v) is 12.4. The summed E-state index contributed by atoms with van der Waals surface area (Å²) in [5.74, 6) is 0.0311. The predicted octanol–water partition coefficient (Wildman–Crippen LogP) is 1.95. The highest BCUT2D eigenvalue weighted by molar-refractivity contribution is 6.03. The molecular weight excluding hydrogens is 434 g/mol. The number of nitrogens with zero attached hydrogens (tertiary/aromatic N) is 4. The Hall–Kier alpha value is -2.94. The molecule has 9 nitrogen and oxygen atoms in total. The number of benzene rings is 1. The number of aryl methyl sites for hydroxylation is 1. The van der Waals surface area contributed by atoms with Crippen molar-refractivity contribution in [2.75, 3.05) is 26.7 Å². The molecule has 5 rings (SSSR count). The third-order valence-electron chi connectivity index (χ3n) is 7.53. The molecule has 0 saturated carbocycles. The number of hydrogen-bond donors (Lipinski definition) is 1. The number of imide groups is 1. The molecule has 0 aliphatic carbocycles. The number of carbonyl (C=O) groups excluding carboxylic acids is 3. The molecule has 1 aromatic heterocycles. The molecule has 1 N–H and O–H groups in total. The Balaban J connectivity index is 1.28. The largest absolute Gasteiger partial charge is 0.488 e. The van der Waals surface area contributed by atoms with E-state index in [0.29, 0.717) is 31.6 Å². The second kappa shape index (κ2) is 9.37. The first-order chi connectivity index (χ1) is 16.4. The summed E-state index contributed by atoms with van der Waals surface area (Å²) in [6, 6.07) is 5.83. The van der Waals surface area contributed by atoms with Crippen molar-refractivity contribution in [3.63, 3.8) is 0 Å². The molecule has 3 aliphatic rings. The topological polar surface area (TPSA) is 96.8 Å². The number of hydrogen-bond acceptors (Lipinski definition) is 6. The fraction of sp³-hybridized carbons (Fsp3) is 0.600. The highest BCUT2D eigenvalue weighted by Gasteiger charge is 2.34. The molecule has 3 amide bonds. The van der Waals surface area contributed by atoms with E-state index in [1.54, 1.807) is 4.68 Å². The number of ether oxygens (including phenoxy) is 1. The second-order valence-corrected chi connectivity index (χ2v) is 9.80. The third kappa shape index (κ3) is 4.29. The van der Waals surface area contributed by atoms with Crippen molar-refractivity contribution >= 4 is 28.6 Å². The van der Waals surface area contributed by atoms with Crippen molar-refractivity contribution in [2.24, 2.45) is 7.05 Å². The van der Waals surface area contributed by atoms with E-state index in [0.717, 1.165) is 48.9 Å². The van der Waals surface area contributed by atoms with Gasteiger partial charge in [-0.05, 0) is 38.9 Å². The molecule has 3 fully saturated rings. The van der Waals surface area contributed by atoms with Gasteiger partial charge in [-0.15, -0.1) is 0 Å². The SMILES string of the molecule is CN1CCCCC1C(=O)N1CCC(Oc2cccc3c(C4CCC(=O)NC4=O)nn(C)c23)CC1. The molecule has 0 spiro atoms. The number of piperidine rings is 3. The molecular formula is C25H33N5O4. The van der Waals surface area contributed by atoms with Crippen molar-refractivity contribution in [3.05, 3.63) is 23.9 Å². The van der Waals surface area contributed by atoms with Gasteiger partial charge < -0.3 is 9.64 Å². The van der Waals surface area contributed by atoms with Crippen molar-refractivity contribution in [1.29, 1.82) is 0 Å². The zero-order valence-corrected chi connectivity index (χ0v) is 20.0. The van der Waals surface area contributed by atoms with Crippen LogP contribution in [-0.4, -0.2) is 76.1 Å². The Bertz CT molecular complexity index is 1100. The average Bonchev–Trinajstić information content (AvgIpc) is 3.16. The smallest absolute Gasteiger partial charge is 0.239 e. The lowest BCUT2D eigenvalue weighted by Gasteiger charge is -2.38. The van der Waals surface area contributed by atoms with E-state index in [4.69, 9.17) is 4.74 Å². The van der Waals surface area contributed by atoms with Crippen LogP contribution in [0.3, 0.4) is 0 Å². The lowest BCUT2D eigenvalue weighted by Crippen LogP contribution is -2.52. The molecule has 182 valence electrons. The maximum atomic E-state index is 13.0. The summed E-state index contributed by atoms with van der Waals surface area (Å²) in [4.78, 5) is 41.2. The van der Waals surface area contributed by atoms with Gasteiger partial charge in [-0.2, -0.15) is 5.10 Å². The lowest BCUT2D eigenvalue weighted by molar-refractivity contribution is -0.139. The van der Waals surface area contributed by atoms with Crippen LogP contribution in [0.5, 0.6) is 5.75 Å². The van der Waals surface area contributed by atoms with Gasteiger partial charge in [0.1, 0.15) is 17.4 Å². The molecule has 34 heavy (non-hydrogen) atoms. The van der Waals surface area contributed by atoms with Gasteiger partial charge >= 0.3 is 0 Å². The monoisotopic (exact) mass is 467 g/mol. The minimum Gasteiger partial charge on any atom is -0.488 e. The molecule has 0 radical (unpaired) electrons. The fourth-order valence-electron chi connectivity index (χ4n) is 5.61. The molecule has 2 aromatic rings. The van der Waals surface area contributed by atoms with Gasteiger partial charge in [-0.3, -0.25) is 29.3 Å². The maximum absolute atomic E-state index is 13.0. The highest BCUT2D eigenvalue weighted by Crippen LogP contribution is 2.35. The zero-order chi connectivity index (χ0) is 23.8. The summed E-state index contributed by atoms with van der Waals surface area (Å²) in [7, 11) is 3.90. The molecule has 3 saturated heterocycles. The Labute approximate surface area is 199 Å². The third-order valence-corrected chi connectivity index (χ3v) is 7.53. The van der Waals surface area contributed by atoms with E-state index in [1.165, 1.54) is 6.42 Å². The minimum absolute atomic E-state index is 0.0140. The van der Waals surface area contributed by atoms with Crippen LogP contribution in [0.1, 0.15) is 56.6 Å². The Morgan fingerprint density at radius 3 is 2.59 bits per heavy atom. The van der Waals surface area contributed by atoms with Gasteiger partial charge in [0, 0.05) is 44.8 Å². The van der Waals surface area contributed by atoms with Gasteiger partial charge in [0.05, 0.1) is 17.7 Å².